The number of hydrogen-bond acceptors (Lipinski definition) is 1. The molecule has 0 saturated carbocycles. The topological polar surface area (TPSA) is 12.0 Å². The molecule has 0 aliphatic heterocycles. The molecular weight excluding hydrogens is 218 g/mol. The Morgan fingerprint density at radius 2 is 2.38 bits per heavy atom. The summed E-state index contributed by atoms with van der Waals surface area (Å²) in [6, 6.07) is 6.61. The molecule has 1 aromatic rings. The Morgan fingerprint density at radius 1 is 1.50 bits per heavy atom. The molecule has 0 spiro atoms. The lowest BCUT2D eigenvalue weighted by Crippen LogP contribution is -2.25. The molecule has 1 aliphatic carbocycles. The van der Waals surface area contributed by atoms with E-state index < -0.39 is 0 Å². The summed E-state index contributed by atoms with van der Waals surface area (Å²) in [4.78, 5) is 0. The van der Waals surface area contributed by atoms with Gasteiger partial charge in [-0.15, -0.1) is 5.92 Å². The van der Waals surface area contributed by atoms with Gasteiger partial charge >= 0.3 is 0 Å². The summed E-state index contributed by atoms with van der Waals surface area (Å²) in [7, 11) is 0. The second-order valence-corrected chi connectivity index (χ2v) is 4.47. The van der Waals surface area contributed by atoms with Gasteiger partial charge in [-0.05, 0) is 43.4 Å². The van der Waals surface area contributed by atoms with Crippen LogP contribution in [0.15, 0.2) is 18.2 Å². The van der Waals surface area contributed by atoms with Crippen molar-refractivity contribution in [2.45, 2.75) is 32.2 Å². The second kappa shape index (κ2) is 5.39. The van der Waals surface area contributed by atoms with Crippen molar-refractivity contribution in [1.29, 1.82) is 0 Å². The van der Waals surface area contributed by atoms with Crippen molar-refractivity contribution in [3.05, 3.63) is 34.3 Å². The quantitative estimate of drug-likeness (QED) is 0.773. The molecule has 84 valence electrons. The summed E-state index contributed by atoms with van der Waals surface area (Å²) in [5.41, 5.74) is 2.68. The summed E-state index contributed by atoms with van der Waals surface area (Å²) >= 11 is 6.21. The molecule has 0 saturated heterocycles. The van der Waals surface area contributed by atoms with E-state index in [0.29, 0.717) is 6.04 Å². The molecule has 1 aliphatic rings. The van der Waals surface area contributed by atoms with Crippen LogP contribution in [0.25, 0.3) is 0 Å². The highest BCUT2D eigenvalue weighted by atomic mass is 35.5. The molecular formula is C14H16ClN. The van der Waals surface area contributed by atoms with Gasteiger partial charge in [0.05, 0.1) is 6.54 Å². The van der Waals surface area contributed by atoms with Crippen molar-refractivity contribution in [1.82, 2.24) is 5.32 Å². The number of halogens is 1. The minimum absolute atomic E-state index is 0.420. The normalized spacial score (nSPS) is 18.5. The molecule has 16 heavy (non-hydrogen) atoms. The average molecular weight is 234 g/mol. The van der Waals surface area contributed by atoms with Gasteiger partial charge in [0.1, 0.15) is 0 Å². The lowest BCUT2D eigenvalue weighted by molar-refractivity contribution is 0.483. The maximum Gasteiger partial charge on any atom is 0.0581 e. The van der Waals surface area contributed by atoms with Crippen LogP contribution in [-0.4, -0.2) is 6.54 Å². The highest BCUT2D eigenvalue weighted by Gasteiger charge is 2.20. The molecule has 1 atom stereocenters. The van der Waals surface area contributed by atoms with Gasteiger partial charge in [-0.2, -0.15) is 0 Å². The monoisotopic (exact) mass is 233 g/mol. The van der Waals surface area contributed by atoms with Crippen LogP contribution in [0.2, 0.25) is 5.02 Å². The Bertz CT molecular complexity index is 428. The molecule has 2 heteroatoms. The van der Waals surface area contributed by atoms with E-state index in [-0.39, 0.29) is 0 Å². The molecule has 1 unspecified atom stereocenters. The Morgan fingerprint density at radius 3 is 3.19 bits per heavy atom. The lowest BCUT2D eigenvalue weighted by atomic mass is 9.87. The summed E-state index contributed by atoms with van der Waals surface area (Å²) in [6.45, 7) is 2.63. The van der Waals surface area contributed by atoms with Crippen molar-refractivity contribution in [2.24, 2.45) is 0 Å². The van der Waals surface area contributed by atoms with Crippen molar-refractivity contribution in [3.8, 4) is 11.8 Å². The first kappa shape index (κ1) is 11.5. The predicted octanol–water partition coefficient (Wildman–Crippen LogP) is 3.33. The molecule has 1 aromatic carbocycles. The van der Waals surface area contributed by atoms with E-state index in [2.05, 4.69) is 23.2 Å². The predicted molar refractivity (Wildman–Crippen MR) is 68.6 cm³/mol. The highest BCUT2D eigenvalue weighted by Crippen LogP contribution is 2.33. The SMILES string of the molecule is CC#CCNC1CCCc2c(Cl)cccc21. The summed E-state index contributed by atoms with van der Waals surface area (Å²) in [5.74, 6) is 5.95. The number of nitrogens with one attached hydrogen (secondary N) is 1. The van der Waals surface area contributed by atoms with Crippen LogP contribution >= 0.6 is 11.6 Å². The van der Waals surface area contributed by atoms with Crippen LogP contribution in [0.3, 0.4) is 0 Å². The molecule has 0 radical (unpaired) electrons. The number of hydrogen-bond donors (Lipinski definition) is 1. The maximum atomic E-state index is 6.21. The van der Waals surface area contributed by atoms with Gasteiger partial charge in [-0.1, -0.05) is 29.7 Å². The third-order valence-electron chi connectivity index (χ3n) is 3.06. The lowest BCUT2D eigenvalue weighted by Gasteiger charge is -2.26. The number of benzene rings is 1. The van der Waals surface area contributed by atoms with Gasteiger partial charge in [-0.25, -0.2) is 0 Å². The first-order chi connectivity index (χ1) is 7.83. The molecule has 0 heterocycles. The van der Waals surface area contributed by atoms with Crippen molar-refractivity contribution in [3.63, 3.8) is 0 Å². The third kappa shape index (κ3) is 2.40. The maximum absolute atomic E-state index is 6.21. The zero-order valence-corrected chi connectivity index (χ0v) is 10.3. The van der Waals surface area contributed by atoms with E-state index in [9.17, 15) is 0 Å². The first-order valence-corrected chi connectivity index (χ1v) is 6.11. The third-order valence-corrected chi connectivity index (χ3v) is 3.42. The Hall–Kier alpha value is -0.970. The van der Waals surface area contributed by atoms with Crippen LogP contribution in [0.5, 0.6) is 0 Å². The zero-order valence-electron chi connectivity index (χ0n) is 9.52. The Kier molecular flexibility index (Phi) is 3.88. The van der Waals surface area contributed by atoms with Crippen LogP contribution in [0.4, 0.5) is 0 Å². The summed E-state index contributed by atoms with van der Waals surface area (Å²) in [6.07, 6.45) is 3.49. The van der Waals surface area contributed by atoms with Gasteiger partial charge in [0.25, 0.3) is 0 Å². The molecule has 0 aromatic heterocycles. The van der Waals surface area contributed by atoms with Gasteiger partial charge in [0.2, 0.25) is 0 Å². The standard InChI is InChI=1S/C14H16ClN/c1-2-3-10-16-14-9-5-6-11-12(14)7-4-8-13(11)15/h4,7-8,14,16H,5-6,9-10H2,1H3. The van der Waals surface area contributed by atoms with Gasteiger partial charge < -0.3 is 0 Å². The van der Waals surface area contributed by atoms with Gasteiger partial charge in [0.15, 0.2) is 0 Å². The van der Waals surface area contributed by atoms with E-state index in [1.807, 2.05) is 19.1 Å². The fourth-order valence-corrected chi connectivity index (χ4v) is 2.55. The molecule has 2 rings (SSSR count). The van der Waals surface area contributed by atoms with Crippen LogP contribution in [-0.2, 0) is 6.42 Å². The van der Waals surface area contributed by atoms with Crippen molar-refractivity contribution in [2.75, 3.05) is 6.54 Å². The van der Waals surface area contributed by atoms with Crippen LogP contribution in [0, 0.1) is 11.8 Å². The van der Waals surface area contributed by atoms with Gasteiger partial charge in [-0.3, -0.25) is 5.32 Å². The summed E-state index contributed by atoms with van der Waals surface area (Å²) < 4.78 is 0. The fraction of sp³-hybridized carbons (Fsp3) is 0.429. The number of rotatable bonds is 2. The molecule has 0 fully saturated rings. The Balaban J connectivity index is 2.18. The fourth-order valence-electron chi connectivity index (χ4n) is 2.28. The van der Waals surface area contributed by atoms with E-state index in [1.165, 1.54) is 24.0 Å². The molecule has 0 bridgehead atoms. The van der Waals surface area contributed by atoms with E-state index in [1.54, 1.807) is 0 Å². The molecule has 0 amide bonds. The van der Waals surface area contributed by atoms with Crippen LogP contribution in [0.1, 0.15) is 36.9 Å². The average Bonchev–Trinajstić information content (AvgIpc) is 2.31. The molecule has 1 N–H and O–H groups in total. The van der Waals surface area contributed by atoms with Crippen molar-refractivity contribution >= 4 is 11.6 Å². The van der Waals surface area contributed by atoms with Crippen molar-refractivity contribution < 1.29 is 0 Å². The zero-order chi connectivity index (χ0) is 11.4. The molecule has 1 nitrogen and oxygen atoms in total. The highest BCUT2D eigenvalue weighted by molar-refractivity contribution is 6.31. The van der Waals surface area contributed by atoms with E-state index in [4.69, 9.17) is 11.6 Å². The van der Waals surface area contributed by atoms with E-state index in [0.717, 1.165) is 18.0 Å². The first-order valence-electron chi connectivity index (χ1n) is 5.73. The minimum atomic E-state index is 0.420. The van der Waals surface area contributed by atoms with Crippen LogP contribution < -0.4 is 5.32 Å². The summed E-state index contributed by atoms with van der Waals surface area (Å²) in [5, 5.41) is 4.38. The van der Waals surface area contributed by atoms with E-state index >= 15 is 0 Å². The Labute approximate surface area is 102 Å². The second-order valence-electron chi connectivity index (χ2n) is 4.06. The smallest absolute Gasteiger partial charge is 0.0581 e. The largest absolute Gasteiger partial charge is 0.299 e. The minimum Gasteiger partial charge on any atom is -0.299 e. The van der Waals surface area contributed by atoms with Gasteiger partial charge in [0, 0.05) is 11.1 Å². The number of fused-ring (bicyclic) bond motifs is 1.